The van der Waals surface area contributed by atoms with Crippen molar-refractivity contribution in [1.82, 2.24) is 5.32 Å². The summed E-state index contributed by atoms with van der Waals surface area (Å²) in [6.07, 6.45) is -2.06. The first-order valence-corrected chi connectivity index (χ1v) is 7.40. The molecule has 0 heterocycles. The van der Waals surface area contributed by atoms with Crippen LogP contribution >= 0.6 is 0 Å². The van der Waals surface area contributed by atoms with E-state index in [9.17, 15) is 14.7 Å². The minimum Gasteiger partial charge on any atom is -0.467 e. The SMILES string of the molecule is COC(=O)[C@@H](NC(=O)OCc1ccccc1)[C@@H](O)c1ccccc1. The topological polar surface area (TPSA) is 84.9 Å². The van der Waals surface area contributed by atoms with Gasteiger partial charge in [0, 0.05) is 0 Å². The summed E-state index contributed by atoms with van der Waals surface area (Å²) in [5.74, 6) is -0.761. The predicted molar refractivity (Wildman–Crippen MR) is 87.0 cm³/mol. The molecule has 6 heteroatoms. The van der Waals surface area contributed by atoms with Crippen LogP contribution in [0.2, 0.25) is 0 Å². The summed E-state index contributed by atoms with van der Waals surface area (Å²) in [6.45, 7) is 0.0575. The maximum Gasteiger partial charge on any atom is 0.408 e. The van der Waals surface area contributed by atoms with Gasteiger partial charge in [0.2, 0.25) is 0 Å². The quantitative estimate of drug-likeness (QED) is 0.794. The smallest absolute Gasteiger partial charge is 0.408 e. The number of esters is 1. The molecule has 0 aliphatic carbocycles. The van der Waals surface area contributed by atoms with E-state index in [0.717, 1.165) is 5.56 Å². The van der Waals surface area contributed by atoms with Crippen molar-refractivity contribution in [2.24, 2.45) is 0 Å². The molecule has 24 heavy (non-hydrogen) atoms. The van der Waals surface area contributed by atoms with Crippen molar-refractivity contribution in [3.8, 4) is 0 Å². The number of carbonyl (C=O) groups is 2. The van der Waals surface area contributed by atoms with Crippen LogP contribution in [0.1, 0.15) is 17.2 Å². The molecule has 0 spiro atoms. The zero-order valence-corrected chi connectivity index (χ0v) is 13.2. The van der Waals surface area contributed by atoms with Gasteiger partial charge in [-0.2, -0.15) is 0 Å². The Morgan fingerprint density at radius 1 is 1.04 bits per heavy atom. The molecule has 2 rings (SSSR count). The number of benzene rings is 2. The Balaban J connectivity index is 2.00. The van der Waals surface area contributed by atoms with Crippen molar-refractivity contribution in [1.29, 1.82) is 0 Å². The lowest BCUT2D eigenvalue weighted by molar-refractivity contribution is -0.146. The predicted octanol–water partition coefficient (Wildman–Crippen LogP) is 2.19. The van der Waals surface area contributed by atoms with E-state index in [1.165, 1.54) is 7.11 Å². The number of aliphatic hydroxyl groups excluding tert-OH is 1. The second kappa shape index (κ2) is 8.69. The molecule has 6 nitrogen and oxygen atoms in total. The number of methoxy groups -OCH3 is 1. The van der Waals surface area contributed by atoms with Crippen LogP contribution in [-0.2, 0) is 20.9 Å². The Bertz CT molecular complexity index is 660. The van der Waals surface area contributed by atoms with Crippen LogP contribution in [0.15, 0.2) is 60.7 Å². The van der Waals surface area contributed by atoms with Gasteiger partial charge >= 0.3 is 12.1 Å². The Labute approximate surface area is 140 Å². The zero-order valence-electron chi connectivity index (χ0n) is 13.2. The molecule has 0 radical (unpaired) electrons. The lowest BCUT2D eigenvalue weighted by Crippen LogP contribution is -2.45. The van der Waals surface area contributed by atoms with E-state index in [1.54, 1.807) is 30.3 Å². The molecule has 2 aromatic carbocycles. The van der Waals surface area contributed by atoms with Gasteiger partial charge in [0.1, 0.15) is 12.7 Å². The van der Waals surface area contributed by atoms with Gasteiger partial charge in [-0.05, 0) is 11.1 Å². The lowest BCUT2D eigenvalue weighted by atomic mass is 10.0. The van der Waals surface area contributed by atoms with Crippen LogP contribution in [0.5, 0.6) is 0 Å². The minimum absolute atomic E-state index is 0.0575. The zero-order chi connectivity index (χ0) is 17.4. The van der Waals surface area contributed by atoms with E-state index in [1.807, 2.05) is 30.3 Å². The first-order valence-electron chi connectivity index (χ1n) is 7.40. The van der Waals surface area contributed by atoms with Crippen LogP contribution in [0.25, 0.3) is 0 Å². The Kier molecular flexibility index (Phi) is 6.33. The van der Waals surface area contributed by atoms with E-state index in [-0.39, 0.29) is 6.61 Å². The Morgan fingerprint density at radius 2 is 1.62 bits per heavy atom. The molecule has 1 amide bonds. The van der Waals surface area contributed by atoms with Crippen LogP contribution in [0.4, 0.5) is 4.79 Å². The number of hydrogen-bond donors (Lipinski definition) is 2. The summed E-state index contributed by atoms with van der Waals surface area (Å²) < 4.78 is 9.72. The molecule has 0 fully saturated rings. The van der Waals surface area contributed by atoms with Gasteiger partial charge in [-0.3, -0.25) is 0 Å². The number of rotatable bonds is 6. The van der Waals surface area contributed by atoms with Crippen LogP contribution in [-0.4, -0.2) is 30.3 Å². The Hall–Kier alpha value is -2.86. The number of nitrogens with one attached hydrogen (secondary N) is 1. The molecular weight excluding hydrogens is 310 g/mol. The maximum absolute atomic E-state index is 11.9. The van der Waals surface area contributed by atoms with Crippen LogP contribution in [0.3, 0.4) is 0 Å². The van der Waals surface area contributed by atoms with E-state index >= 15 is 0 Å². The van der Waals surface area contributed by atoms with Crippen LogP contribution < -0.4 is 5.32 Å². The fourth-order valence-electron chi connectivity index (χ4n) is 2.13. The summed E-state index contributed by atoms with van der Waals surface area (Å²) in [7, 11) is 1.18. The van der Waals surface area contributed by atoms with Gasteiger partial charge < -0.3 is 19.9 Å². The van der Waals surface area contributed by atoms with Gasteiger partial charge in [-0.1, -0.05) is 60.7 Å². The summed E-state index contributed by atoms with van der Waals surface area (Å²) in [4.78, 5) is 23.8. The highest BCUT2D eigenvalue weighted by Crippen LogP contribution is 2.17. The number of carbonyl (C=O) groups excluding carboxylic acids is 2. The molecule has 0 bridgehead atoms. The van der Waals surface area contributed by atoms with Crippen molar-refractivity contribution >= 4 is 12.1 Å². The van der Waals surface area contributed by atoms with Crippen molar-refractivity contribution in [2.75, 3.05) is 7.11 Å². The third kappa shape index (κ3) is 4.82. The van der Waals surface area contributed by atoms with Crippen molar-refractivity contribution in [2.45, 2.75) is 18.8 Å². The molecule has 0 unspecified atom stereocenters. The number of ether oxygens (including phenoxy) is 2. The summed E-state index contributed by atoms with van der Waals surface area (Å²) in [5, 5.41) is 12.7. The normalized spacial score (nSPS) is 12.8. The molecular formula is C18H19NO5. The second-order valence-electron chi connectivity index (χ2n) is 5.06. The molecule has 0 aromatic heterocycles. The number of hydrogen-bond acceptors (Lipinski definition) is 5. The molecule has 126 valence electrons. The Morgan fingerprint density at radius 3 is 2.21 bits per heavy atom. The first-order chi connectivity index (χ1) is 11.6. The summed E-state index contributed by atoms with van der Waals surface area (Å²) >= 11 is 0. The fraction of sp³-hybridized carbons (Fsp3) is 0.222. The molecule has 2 N–H and O–H groups in total. The van der Waals surface area contributed by atoms with E-state index in [2.05, 4.69) is 10.1 Å². The lowest BCUT2D eigenvalue weighted by Gasteiger charge is -2.22. The van der Waals surface area contributed by atoms with Crippen LogP contribution in [0, 0.1) is 0 Å². The fourth-order valence-corrected chi connectivity index (χ4v) is 2.13. The first kappa shape index (κ1) is 17.5. The number of aliphatic hydroxyl groups is 1. The molecule has 0 saturated carbocycles. The second-order valence-corrected chi connectivity index (χ2v) is 5.06. The van der Waals surface area contributed by atoms with Gasteiger partial charge in [-0.15, -0.1) is 0 Å². The average molecular weight is 329 g/mol. The standard InChI is InChI=1S/C18H19NO5/c1-23-17(21)15(16(20)14-10-6-3-7-11-14)19-18(22)24-12-13-8-4-2-5-9-13/h2-11,15-16,20H,12H2,1H3,(H,19,22)/t15-,16-/m0/s1. The highest BCUT2D eigenvalue weighted by molar-refractivity contribution is 5.82. The maximum atomic E-state index is 11.9. The van der Waals surface area contributed by atoms with Crippen molar-refractivity contribution < 1.29 is 24.2 Å². The average Bonchev–Trinajstić information content (AvgIpc) is 2.65. The highest BCUT2D eigenvalue weighted by atomic mass is 16.6. The van der Waals surface area contributed by atoms with Gasteiger partial charge in [0.15, 0.2) is 6.04 Å². The van der Waals surface area contributed by atoms with Crippen molar-refractivity contribution in [3.05, 3.63) is 71.8 Å². The molecule has 0 saturated heterocycles. The third-order valence-corrected chi connectivity index (χ3v) is 3.40. The number of alkyl carbamates (subject to hydrolysis) is 1. The monoisotopic (exact) mass is 329 g/mol. The molecule has 0 aliphatic rings. The van der Waals surface area contributed by atoms with Crippen molar-refractivity contribution in [3.63, 3.8) is 0 Å². The van der Waals surface area contributed by atoms with E-state index < -0.39 is 24.2 Å². The van der Waals surface area contributed by atoms with Gasteiger partial charge in [0.05, 0.1) is 7.11 Å². The summed E-state index contributed by atoms with van der Waals surface area (Å²) in [5.41, 5.74) is 1.29. The molecule has 2 atom stereocenters. The minimum atomic E-state index is -1.26. The highest BCUT2D eigenvalue weighted by Gasteiger charge is 2.31. The van der Waals surface area contributed by atoms with E-state index in [4.69, 9.17) is 4.74 Å². The summed E-state index contributed by atoms with van der Waals surface area (Å²) in [6, 6.07) is 16.4. The largest absolute Gasteiger partial charge is 0.467 e. The third-order valence-electron chi connectivity index (χ3n) is 3.40. The van der Waals surface area contributed by atoms with E-state index in [0.29, 0.717) is 5.56 Å². The molecule has 0 aliphatic heterocycles. The van der Waals surface area contributed by atoms with Gasteiger partial charge in [-0.25, -0.2) is 9.59 Å². The molecule has 2 aromatic rings. The van der Waals surface area contributed by atoms with Gasteiger partial charge in [0.25, 0.3) is 0 Å². The number of amides is 1.